The van der Waals surface area contributed by atoms with E-state index in [1.807, 2.05) is 25.1 Å². The van der Waals surface area contributed by atoms with Crippen LogP contribution in [0.3, 0.4) is 0 Å². The molecular formula is C14H17BrN2O3. The number of aliphatic carboxylic acids is 1. The lowest BCUT2D eigenvalue weighted by Crippen LogP contribution is -2.42. The van der Waals surface area contributed by atoms with Gasteiger partial charge in [-0.1, -0.05) is 12.1 Å². The smallest absolute Gasteiger partial charge is 0.321 e. The van der Waals surface area contributed by atoms with Crippen molar-refractivity contribution in [2.75, 3.05) is 18.4 Å². The van der Waals surface area contributed by atoms with E-state index < -0.39 is 5.97 Å². The zero-order valence-corrected chi connectivity index (χ0v) is 12.8. The molecular weight excluding hydrogens is 324 g/mol. The number of nitrogens with zero attached hydrogens (tertiary/aromatic N) is 1. The highest BCUT2D eigenvalue weighted by molar-refractivity contribution is 9.10. The van der Waals surface area contributed by atoms with E-state index in [1.54, 1.807) is 4.90 Å². The number of hydrogen-bond acceptors (Lipinski definition) is 2. The van der Waals surface area contributed by atoms with Crippen LogP contribution in [0.2, 0.25) is 0 Å². The molecule has 0 unspecified atom stereocenters. The Labute approximate surface area is 126 Å². The highest BCUT2D eigenvalue weighted by Crippen LogP contribution is 2.26. The van der Waals surface area contributed by atoms with Gasteiger partial charge in [-0.05, 0) is 47.3 Å². The molecule has 20 heavy (non-hydrogen) atoms. The maximum absolute atomic E-state index is 12.2. The molecule has 0 atom stereocenters. The van der Waals surface area contributed by atoms with Crippen molar-refractivity contribution in [2.45, 2.75) is 19.8 Å². The highest BCUT2D eigenvalue weighted by Gasteiger charge is 2.27. The molecule has 1 aromatic carbocycles. The van der Waals surface area contributed by atoms with E-state index >= 15 is 0 Å². The molecule has 1 aliphatic heterocycles. The minimum absolute atomic E-state index is 0.180. The number of carboxylic acids is 1. The number of halogens is 1. The van der Waals surface area contributed by atoms with Crippen molar-refractivity contribution >= 4 is 33.6 Å². The molecule has 0 bridgehead atoms. The first-order valence-corrected chi connectivity index (χ1v) is 7.32. The molecule has 1 aliphatic rings. The van der Waals surface area contributed by atoms with Crippen molar-refractivity contribution in [3.63, 3.8) is 0 Å². The van der Waals surface area contributed by atoms with Crippen molar-refractivity contribution in [1.82, 2.24) is 4.90 Å². The van der Waals surface area contributed by atoms with E-state index in [-0.39, 0.29) is 11.9 Å². The van der Waals surface area contributed by atoms with Crippen molar-refractivity contribution in [1.29, 1.82) is 0 Å². The fourth-order valence-electron chi connectivity index (χ4n) is 2.27. The molecule has 0 radical (unpaired) electrons. The molecule has 2 rings (SSSR count). The van der Waals surface area contributed by atoms with Gasteiger partial charge in [0, 0.05) is 17.6 Å². The number of carbonyl (C=O) groups excluding carboxylic acids is 1. The van der Waals surface area contributed by atoms with Crippen LogP contribution in [-0.2, 0) is 4.79 Å². The van der Waals surface area contributed by atoms with E-state index in [2.05, 4.69) is 21.2 Å². The van der Waals surface area contributed by atoms with Crippen LogP contribution in [-0.4, -0.2) is 35.1 Å². The summed E-state index contributed by atoms with van der Waals surface area (Å²) in [5, 5.41) is 11.8. The molecule has 1 aromatic rings. The molecule has 2 N–H and O–H groups in total. The number of rotatable bonds is 2. The predicted octanol–water partition coefficient (Wildman–Crippen LogP) is 3.09. The molecule has 0 aliphatic carbocycles. The molecule has 1 heterocycles. The summed E-state index contributed by atoms with van der Waals surface area (Å²) in [7, 11) is 0. The topological polar surface area (TPSA) is 69.6 Å². The quantitative estimate of drug-likeness (QED) is 0.869. The summed E-state index contributed by atoms with van der Waals surface area (Å²) in [5.41, 5.74) is 1.78. The minimum atomic E-state index is -0.772. The van der Waals surface area contributed by atoms with Gasteiger partial charge in [0.25, 0.3) is 0 Å². The second-order valence-electron chi connectivity index (χ2n) is 4.97. The fourth-order valence-corrected chi connectivity index (χ4v) is 2.63. The fraction of sp³-hybridized carbons (Fsp3) is 0.429. The zero-order chi connectivity index (χ0) is 14.7. The van der Waals surface area contributed by atoms with Gasteiger partial charge in [-0.3, -0.25) is 4.79 Å². The van der Waals surface area contributed by atoms with Crippen LogP contribution in [0.4, 0.5) is 10.5 Å². The Hall–Kier alpha value is -1.56. The van der Waals surface area contributed by atoms with Gasteiger partial charge in [-0.2, -0.15) is 0 Å². The molecule has 108 valence electrons. The minimum Gasteiger partial charge on any atom is -0.481 e. The predicted molar refractivity (Wildman–Crippen MR) is 79.8 cm³/mol. The van der Waals surface area contributed by atoms with E-state index in [0.29, 0.717) is 25.9 Å². The lowest BCUT2D eigenvalue weighted by atomic mass is 9.97. The average Bonchev–Trinajstić information content (AvgIpc) is 2.44. The first kappa shape index (κ1) is 14.8. The number of nitrogens with one attached hydrogen (secondary N) is 1. The Kier molecular flexibility index (Phi) is 4.65. The van der Waals surface area contributed by atoms with Crippen molar-refractivity contribution in [2.24, 2.45) is 5.92 Å². The summed E-state index contributed by atoms with van der Waals surface area (Å²) in [6, 6.07) is 5.49. The molecule has 5 nitrogen and oxygen atoms in total. The van der Waals surface area contributed by atoms with Crippen LogP contribution in [0.5, 0.6) is 0 Å². The van der Waals surface area contributed by atoms with E-state index in [4.69, 9.17) is 5.11 Å². The number of carbonyl (C=O) groups is 2. The number of likely N-dealkylation sites (tertiary alicyclic amines) is 1. The number of benzene rings is 1. The summed E-state index contributed by atoms with van der Waals surface area (Å²) in [6.45, 7) is 2.91. The first-order chi connectivity index (χ1) is 9.49. The average molecular weight is 341 g/mol. The van der Waals surface area contributed by atoms with Gasteiger partial charge >= 0.3 is 12.0 Å². The Morgan fingerprint density at radius 1 is 1.35 bits per heavy atom. The number of carboxylic acid groups (broad SMARTS) is 1. The van der Waals surface area contributed by atoms with Gasteiger partial charge in [0.05, 0.1) is 11.6 Å². The Balaban J connectivity index is 1.96. The molecule has 1 fully saturated rings. The van der Waals surface area contributed by atoms with Crippen molar-refractivity contribution < 1.29 is 14.7 Å². The number of amides is 2. The Bertz CT molecular complexity index is 525. The van der Waals surface area contributed by atoms with Crippen LogP contribution in [0, 0.1) is 12.8 Å². The summed E-state index contributed by atoms with van der Waals surface area (Å²) < 4.78 is 0.869. The van der Waals surface area contributed by atoms with Gasteiger partial charge in [-0.25, -0.2) is 4.79 Å². The van der Waals surface area contributed by atoms with Crippen LogP contribution in [0.15, 0.2) is 22.7 Å². The molecule has 1 saturated heterocycles. The SMILES string of the molecule is Cc1cccc(NC(=O)N2CCC(C(=O)O)CC2)c1Br. The summed E-state index contributed by atoms with van der Waals surface area (Å²) in [5.74, 6) is -1.10. The summed E-state index contributed by atoms with van der Waals surface area (Å²) >= 11 is 3.45. The number of aryl methyl sites for hydroxylation is 1. The molecule has 2 amide bonds. The zero-order valence-electron chi connectivity index (χ0n) is 11.2. The van der Waals surface area contributed by atoms with Crippen LogP contribution >= 0.6 is 15.9 Å². The number of hydrogen-bond donors (Lipinski definition) is 2. The van der Waals surface area contributed by atoms with Gasteiger partial charge in [0.15, 0.2) is 0 Å². The third-order valence-corrected chi connectivity index (χ3v) is 4.62. The first-order valence-electron chi connectivity index (χ1n) is 6.53. The van der Waals surface area contributed by atoms with Gasteiger partial charge < -0.3 is 15.3 Å². The van der Waals surface area contributed by atoms with Crippen molar-refractivity contribution in [3.05, 3.63) is 28.2 Å². The van der Waals surface area contributed by atoms with E-state index in [1.165, 1.54) is 0 Å². The van der Waals surface area contributed by atoms with Crippen molar-refractivity contribution in [3.8, 4) is 0 Å². The normalized spacial score (nSPS) is 16.0. The number of piperidine rings is 1. The largest absolute Gasteiger partial charge is 0.481 e. The monoisotopic (exact) mass is 340 g/mol. The van der Waals surface area contributed by atoms with Gasteiger partial charge in [0.2, 0.25) is 0 Å². The number of anilines is 1. The highest BCUT2D eigenvalue weighted by atomic mass is 79.9. The summed E-state index contributed by atoms with van der Waals surface area (Å²) in [4.78, 5) is 24.7. The van der Waals surface area contributed by atoms with Gasteiger partial charge in [-0.15, -0.1) is 0 Å². The van der Waals surface area contributed by atoms with Crippen LogP contribution in [0.25, 0.3) is 0 Å². The molecule has 0 aromatic heterocycles. The molecule has 6 heteroatoms. The lowest BCUT2D eigenvalue weighted by Gasteiger charge is -2.30. The molecule has 0 saturated carbocycles. The van der Waals surface area contributed by atoms with E-state index in [9.17, 15) is 9.59 Å². The van der Waals surface area contributed by atoms with E-state index in [0.717, 1.165) is 15.7 Å². The Morgan fingerprint density at radius 2 is 2.00 bits per heavy atom. The third kappa shape index (κ3) is 3.30. The molecule has 0 spiro atoms. The Morgan fingerprint density at radius 3 is 2.60 bits per heavy atom. The second-order valence-corrected chi connectivity index (χ2v) is 5.76. The van der Waals surface area contributed by atoms with Gasteiger partial charge in [0.1, 0.15) is 0 Å². The maximum Gasteiger partial charge on any atom is 0.321 e. The number of urea groups is 1. The lowest BCUT2D eigenvalue weighted by molar-refractivity contribution is -0.143. The maximum atomic E-state index is 12.2. The second kappa shape index (κ2) is 6.26. The standard InChI is InChI=1S/C14H17BrN2O3/c1-9-3-2-4-11(12(9)15)16-14(20)17-7-5-10(6-8-17)13(18)19/h2-4,10H,5-8H2,1H3,(H,16,20)(H,18,19). The van der Waals surface area contributed by atoms with Crippen LogP contribution in [0.1, 0.15) is 18.4 Å². The summed E-state index contributed by atoms with van der Waals surface area (Å²) in [6.07, 6.45) is 1.02. The third-order valence-electron chi connectivity index (χ3n) is 3.56. The van der Waals surface area contributed by atoms with Crippen LogP contribution < -0.4 is 5.32 Å².